The van der Waals surface area contributed by atoms with Gasteiger partial charge in [0.05, 0.1) is 17.1 Å². The summed E-state index contributed by atoms with van der Waals surface area (Å²) in [7, 11) is 0. The van der Waals surface area contributed by atoms with E-state index in [0.717, 1.165) is 0 Å². The van der Waals surface area contributed by atoms with Crippen LogP contribution >= 0.6 is 0 Å². The zero-order chi connectivity index (χ0) is 16.2. The van der Waals surface area contributed by atoms with Crippen LogP contribution in [0.15, 0.2) is 36.4 Å². The molecule has 0 fully saturated rings. The summed E-state index contributed by atoms with van der Waals surface area (Å²) in [6, 6.07) is 11.7. The lowest BCUT2D eigenvalue weighted by Gasteiger charge is -2.20. The van der Waals surface area contributed by atoms with Crippen molar-refractivity contribution < 1.29 is 19.1 Å². The number of nitrogens with zero attached hydrogens (tertiary/aromatic N) is 2. The van der Waals surface area contributed by atoms with E-state index in [1.54, 1.807) is 24.3 Å². The van der Waals surface area contributed by atoms with Gasteiger partial charge in [0.1, 0.15) is 24.2 Å². The summed E-state index contributed by atoms with van der Waals surface area (Å²) in [5, 5.41) is 20.1. The van der Waals surface area contributed by atoms with E-state index in [-0.39, 0.29) is 25.7 Å². The molecule has 7 nitrogen and oxygen atoms in total. The van der Waals surface area contributed by atoms with E-state index in [4.69, 9.17) is 19.5 Å². The Bertz CT molecular complexity index is 798. The smallest absolute Gasteiger partial charge is 0.270 e. The maximum atomic E-state index is 11.1. The lowest BCUT2D eigenvalue weighted by atomic mass is 10.1. The molecule has 116 valence electrons. The number of non-ortho nitro benzene ring substituents is 1. The van der Waals surface area contributed by atoms with E-state index < -0.39 is 4.92 Å². The molecule has 2 aromatic rings. The maximum absolute atomic E-state index is 11.1. The van der Waals surface area contributed by atoms with Gasteiger partial charge in [-0.05, 0) is 12.1 Å². The summed E-state index contributed by atoms with van der Waals surface area (Å²) >= 11 is 0. The van der Waals surface area contributed by atoms with Crippen LogP contribution in [0.3, 0.4) is 0 Å². The largest absolute Gasteiger partial charge is 0.487 e. The first-order chi connectivity index (χ1) is 11.2. The summed E-state index contributed by atoms with van der Waals surface area (Å²) in [4.78, 5) is 10.6. The van der Waals surface area contributed by atoms with Gasteiger partial charge in [-0.2, -0.15) is 5.26 Å². The van der Waals surface area contributed by atoms with Crippen molar-refractivity contribution in [3.63, 3.8) is 0 Å². The third-order valence-corrected chi connectivity index (χ3v) is 3.37. The Morgan fingerprint density at radius 3 is 2.96 bits per heavy atom. The van der Waals surface area contributed by atoms with Gasteiger partial charge in [0.15, 0.2) is 6.79 Å². The molecule has 0 spiro atoms. The van der Waals surface area contributed by atoms with Crippen molar-refractivity contribution in [1.82, 2.24) is 0 Å². The minimum atomic E-state index is -0.471. The van der Waals surface area contributed by atoms with Crippen molar-refractivity contribution in [2.24, 2.45) is 0 Å². The zero-order valence-electron chi connectivity index (χ0n) is 12.0. The Balaban J connectivity index is 1.91. The number of hydrogen-bond donors (Lipinski definition) is 0. The van der Waals surface area contributed by atoms with Crippen LogP contribution in [0.2, 0.25) is 0 Å². The van der Waals surface area contributed by atoms with Gasteiger partial charge >= 0.3 is 0 Å². The molecule has 1 aliphatic heterocycles. The first-order valence-electron chi connectivity index (χ1n) is 6.81. The predicted molar refractivity (Wildman–Crippen MR) is 78.9 cm³/mol. The van der Waals surface area contributed by atoms with E-state index >= 15 is 0 Å². The second-order valence-corrected chi connectivity index (χ2v) is 4.86. The Labute approximate surface area is 131 Å². The van der Waals surface area contributed by atoms with Crippen molar-refractivity contribution in [2.75, 3.05) is 6.79 Å². The molecule has 0 saturated carbocycles. The highest BCUT2D eigenvalue weighted by atomic mass is 16.7. The van der Waals surface area contributed by atoms with Crippen LogP contribution in [0.4, 0.5) is 5.69 Å². The highest BCUT2D eigenvalue weighted by Crippen LogP contribution is 2.33. The molecule has 23 heavy (non-hydrogen) atoms. The molecular formula is C16H12N2O5. The number of nitro benzene ring substituents is 1. The van der Waals surface area contributed by atoms with Gasteiger partial charge < -0.3 is 14.2 Å². The second kappa shape index (κ2) is 6.34. The summed E-state index contributed by atoms with van der Waals surface area (Å²) < 4.78 is 16.2. The van der Waals surface area contributed by atoms with Crippen LogP contribution in [-0.2, 0) is 18.0 Å². The van der Waals surface area contributed by atoms with E-state index in [0.29, 0.717) is 28.2 Å². The molecular weight excluding hydrogens is 300 g/mol. The van der Waals surface area contributed by atoms with Gasteiger partial charge in [-0.25, -0.2) is 0 Å². The number of ether oxygens (including phenoxy) is 3. The van der Waals surface area contributed by atoms with Crippen molar-refractivity contribution in [1.29, 1.82) is 5.26 Å². The number of benzene rings is 2. The normalized spacial score (nSPS) is 12.7. The standard InChI is InChI=1S/C16H12N2O5/c17-7-11-3-1-2-4-15(11)22-9-13-6-14(18(19)20)5-12-8-21-10-23-16(12)13/h1-6H,8-10H2. The van der Waals surface area contributed by atoms with Crippen molar-refractivity contribution in [3.05, 3.63) is 63.2 Å². The van der Waals surface area contributed by atoms with E-state index in [1.807, 2.05) is 6.07 Å². The topological polar surface area (TPSA) is 94.6 Å². The first-order valence-corrected chi connectivity index (χ1v) is 6.81. The van der Waals surface area contributed by atoms with Gasteiger partial charge in [0.25, 0.3) is 5.69 Å². The van der Waals surface area contributed by atoms with Gasteiger partial charge in [-0.1, -0.05) is 12.1 Å². The number of fused-ring (bicyclic) bond motifs is 1. The zero-order valence-corrected chi connectivity index (χ0v) is 12.0. The third kappa shape index (κ3) is 3.07. The van der Waals surface area contributed by atoms with Crippen molar-refractivity contribution >= 4 is 5.69 Å². The molecule has 0 amide bonds. The number of nitro groups is 1. The Kier molecular flexibility index (Phi) is 4.08. The fourth-order valence-electron chi connectivity index (χ4n) is 2.33. The summed E-state index contributed by atoms with van der Waals surface area (Å²) in [6.07, 6.45) is 0. The predicted octanol–water partition coefficient (Wildman–Crippen LogP) is 2.91. The van der Waals surface area contributed by atoms with Crippen LogP contribution in [-0.4, -0.2) is 11.7 Å². The number of rotatable bonds is 4. The molecule has 1 aliphatic rings. The second-order valence-electron chi connectivity index (χ2n) is 4.86. The van der Waals surface area contributed by atoms with Crippen molar-refractivity contribution in [3.8, 4) is 17.6 Å². The van der Waals surface area contributed by atoms with Crippen LogP contribution < -0.4 is 9.47 Å². The molecule has 3 rings (SSSR count). The average molecular weight is 312 g/mol. The third-order valence-electron chi connectivity index (χ3n) is 3.37. The lowest BCUT2D eigenvalue weighted by Crippen LogP contribution is -2.14. The molecule has 0 aromatic heterocycles. The average Bonchev–Trinajstić information content (AvgIpc) is 2.59. The van der Waals surface area contributed by atoms with E-state index in [2.05, 4.69) is 0 Å². The van der Waals surface area contributed by atoms with Crippen LogP contribution in [0.5, 0.6) is 11.5 Å². The van der Waals surface area contributed by atoms with Gasteiger partial charge in [-0.15, -0.1) is 0 Å². The van der Waals surface area contributed by atoms with Crippen LogP contribution in [0, 0.1) is 21.4 Å². The molecule has 0 N–H and O–H groups in total. The molecule has 7 heteroatoms. The van der Waals surface area contributed by atoms with Crippen molar-refractivity contribution in [2.45, 2.75) is 13.2 Å². The van der Waals surface area contributed by atoms with Crippen LogP contribution in [0.1, 0.15) is 16.7 Å². The molecule has 0 atom stereocenters. The monoisotopic (exact) mass is 312 g/mol. The van der Waals surface area contributed by atoms with Gasteiger partial charge in [0, 0.05) is 23.3 Å². The Morgan fingerprint density at radius 2 is 2.17 bits per heavy atom. The van der Waals surface area contributed by atoms with Gasteiger partial charge in [-0.3, -0.25) is 10.1 Å². The Morgan fingerprint density at radius 1 is 1.35 bits per heavy atom. The molecule has 0 bridgehead atoms. The molecule has 1 heterocycles. The van der Waals surface area contributed by atoms with E-state index in [9.17, 15) is 10.1 Å². The molecule has 0 saturated heterocycles. The lowest BCUT2D eigenvalue weighted by molar-refractivity contribution is -0.385. The molecule has 2 aromatic carbocycles. The maximum Gasteiger partial charge on any atom is 0.270 e. The number of para-hydroxylation sites is 1. The highest BCUT2D eigenvalue weighted by Gasteiger charge is 2.21. The molecule has 0 aliphatic carbocycles. The van der Waals surface area contributed by atoms with E-state index in [1.165, 1.54) is 12.1 Å². The number of hydrogen-bond acceptors (Lipinski definition) is 6. The quantitative estimate of drug-likeness (QED) is 0.636. The summed E-state index contributed by atoms with van der Waals surface area (Å²) in [5.74, 6) is 0.957. The minimum absolute atomic E-state index is 0.0509. The Hall–Kier alpha value is -3.11. The fourth-order valence-corrected chi connectivity index (χ4v) is 2.33. The van der Waals surface area contributed by atoms with Crippen LogP contribution in [0.25, 0.3) is 0 Å². The molecule has 0 radical (unpaired) electrons. The first kappa shape index (κ1) is 14.8. The number of nitriles is 1. The van der Waals surface area contributed by atoms with Gasteiger partial charge in [0.2, 0.25) is 0 Å². The SMILES string of the molecule is N#Cc1ccccc1OCc1cc([N+](=O)[O-])cc2c1OCOC2. The summed E-state index contributed by atoms with van der Waals surface area (Å²) in [5.41, 5.74) is 1.50. The fraction of sp³-hybridized carbons (Fsp3) is 0.188. The molecule has 0 unspecified atom stereocenters. The highest BCUT2D eigenvalue weighted by molar-refractivity contribution is 5.51. The summed E-state index contributed by atoms with van der Waals surface area (Å²) in [6.45, 7) is 0.397. The minimum Gasteiger partial charge on any atom is -0.487 e.